The molecule has 3 heteroatoms. The average Bonchev–Trinajstić information content (AvgIpc) is 2.27. The summed E-state index contributed by atoms with van der Waals surface area (Å²) >= 11 is 0. The maximum atomic E-state index is 13.4. The zero-order valence-electron chi connectivity index (χ0n) is 11.0. The summed E-state index contributed by atoms with van der Waals surface area (Å²) in [5.74, 6) is -0.113. The lowest BCUT2D eigenvalue weighted by molar-refractivity contribution is 0.149. The fourth-order valence-electron chi connectivity index (χ4n) is 1.84. The van der Waals surface area contributed by atoms with Crippen LogP contribution < -0.4 is 5.73 Å². The Morgan fingerprint density at radius 2 is 1.94 bits per heavy atom. The van der Waals surface area contributed by atoms with Gasteiger partial charge in [-0.1, -0.05) is 18.2 Å². The Morgan fingerprint density at radius 1 is 1.29 bits per heavy atom. The van der Waals surface area contributed by atoms with E-state index < -0.39 is 0 Å². The molecule has 0 unspecified atom stereocenters. The van der Waals surface area contributed by atoms with Crippen molar-refractivity contribution in [3.63, 3.8) is 0 Å². The lowest BCUT2D eigenvalue weighted by Gasteiger charge is -2.35. The van der Waals surface area contributed by atoms with Crippen LogP contribution in [-0.2, 0) is 6.42 Å². The smallest absolute Gasteiger partial charge is 0.126 e. The molecule has 2 N–H and O–H groups in total. The minimum atomic E-state index is -0.113. The number of likely N-dealkylation sites (N-methyl/N-ethyl adjacent to an activating group) is 1. The third kappa shape index (κ3) is 4.10. The zero-order chi connectivity index (χ0) is 12.9. The van der Waals surface area contributed by atoms with Crippen LogP contribution in [0.25, 0.3) is 0 Å². The van der Waals surface area contributed by atoms with Crippen LogP contribution in [0.2, 0.25) is 0 Å². The van der Waals surface area contributed by atoms with E-state index in [2.05, 4.69) is 25.8 Å². The summed E-state index contributed by atoms with van der Waals surface area (Å²) < 4.78 is 13.4. The first-order valence-electron chi connectivity index (χ1n) is 6.12. The summed E-state index contributed by atoms with van der Waals surface area (Å²) in [7, 11) is 2.07. The minimum absolute atomic E-state index is 0.0695. The van der Waals surface area contributed by atoms with Gasteiger partial charge in [-0.25, -0.2) is 4.39 Å². The summed E-state index contributed by atoms with van der Waals surface area (Å²) in [6.45, 7) is 5.85. The van der Waals surface area contributed by atoms with Crippen LogP contribution in [-0.4, -0.2) is 30.6 Å². The first-order valence-corrected chi connectivity index (χ1v) is 6.12. The Balaban J connectivity index is 2.54. The lowest BCUT2D eigenvalue weighted by Crippen LogP contribution is -2.43. The summed E-state index contributed by atoms with van der Waals surface area (Å²) in [6.07, 6.45) is 1.68. The van der Waals surface area contributed by atoms with Gasteiger partial charge >= 0.3 is 0 Å². The molecule has 0 aliphatic heterocycles. The molecular formula is C14H23FN2. The van der Waals surface area contributed by atoms with Crippen LogP contribution in [0.3, 0.4) is 0 Å². The van der Waals surface area contributed by atoms with Gasteiger partial charge in [-0.3, -0.25) is 0 Å². The van der Waals surface area contributed by atoms with E-state index >= 15 is 0 Å². The van der Waals surface area contributed by atoms with Crippen molar-refractivity contribution in [3.05, 3.63) is 35.6 Å². The van der Waals surface area contributed by atoms with Crippen molar-refractivity contribution in [2.24, 2.45) is 5.73 Å². The van der Waals surface area contributed by atoms with Gasteiger partial charge < -0.3 is 10.6 Å². The maximum absolute atomic E-state index is 13.4. The summed E-state index contributed by atoms with van der Waals surface area (Å²) in [4.78, 5) is 2.24. The van der Waals surface area contributed by atoms with E-state index in [0.717, 1.165) is 24.9 Å². The number of hydrogen-bond donors (Lipinski definition) is 1. The second-order valence-corrected chi connectivity index (χ2v) is 5.11. The number of halogens is 1. The standard InChI is InChI=1S/C14H23FN2/c1-14(2,9-10-16)17(3)11-8-12-6-4-5-7-13(12)15/h4-7H,8-11,16H2,1-3H3. The molecule has 0 radical (unpaired) electrons. The number of hydrogen-bond acceptors (Lipinski definition) is 2. The van der Waals surface area contributed by atoms with Crippen LogP contribution >= 0.6 is 0 Å². The van der Waals surface area contributed by atoms with Crippen molar-refractivity contribution in [2.45, 2.75) is 32.2 Å². The van der Waals surface area contributed by atoms with Gasteiger partial charge in [0.15, 0.2) is 0 Å². The largest absolute Gasteiger partial charge is 0.330 e. The molecule has 96 valence electrons. The molecule has 0 aliphatic rings. The van der Waals surface area contributed by atoms with Gasteiger partial charge in [0.1, 0.15) is 5.82 Å². The first kappa shape index (κ1) is 14.1. The molecule has 0 atom stereocenters. The van der Waals surface area contributed by atoms with E-state index in [1.54, 1.807) is 6.07 Å². The van der Waals surface area contributed by atoms with Crippen LogP contribution in [0.4, 0.5) is 4.39 Å². The molecule has 0 heterocycles. The number of rotatable bonds is 6. The highest BCUT2D eigenvalue weighted by molar-refractivity contribution is 5.17. The highest BCUT2D eigenvalue weighted by atomic mass is 19.1. The molecule has 17 heavy (non-hydrogen) atoms. The number of nitrogens with zero attached hydrogens (tertiary/aromatic N) is 1. The third-order valence-electron chi connectivity index (χ3n) is 3.46. The molecule has 1 rings (SSSR count). The summed E-state index contributed by atoms with van der Waals surface area (Å²) in [6, 6.07) is 6.96. The van der Waals surface area contributed by atoms with Crippen LogP contribution in [0.5, 0.6) is 0 Å². The van der Waals surface area contributed by atoms with Crippen LogP contribution in [0, 0.1) is 5.82 Å². The van der Waals surface area contributed by atoms with Gasteiger partial charge in [-0.05, 0) is 51.9 Å². The van der Waals surface area contributed by atoms with Crippen LogP contribution in [0.15, 0.2) is 24.3 Å². The molecule has 0 bridgehead atoms. The maximum Gasteiger partial charge on any atom is 0.126 e. The molecule has 2 nitrogen and oxygen atoms in total. The molecule has 0 aromatic heterocycles. The van der Waals surface area contributed by atoms with Crippen molar-refractivity contribution in [3.8, 4) is 0 Å². The quantitative estimate of drug-likeness (QED) is 0.824. The molecule has 0 spiro atoms. The van der Waals surface area contributed by atoms with Gasteiger partial charge in [0, 0.05) is 12.1 Å². The summed E-state index contributed by atoms with van der Waals surface area (Å²) in [5, 5.41) is 0. The Kier molecular flexibility index (Phi) is 5.09. The van der Waals surface area contributed by atoms with Gasteiger partial charge in [0.25, 0.3) is 0 Å². The van der Waals surface area contributed by atoms with Gasteiger partial charge in [0.05, 0.1) is 0 Å². The van der Waals surface area contributed by atoms with Gasteiger partial charge in [0.2, 0.25) is 0 Å². The molecular weight excluding hydrogens is 215 g/mol. The van der Waals surface area contributed by atoms with Crippen LogP contribution in [0.1, 0.15) is 25.8 Å². The Labute approximate surface area is 104 Å². The Hall–Kier alpha value is -0.930. The normalized spacial score (nSPS) is 12.1. The number of nitrogens with two attached hydrogens (primary N) is 1. The molecule has 1 aromatic carbocycles. The van der Waals surface area contributed by atoms with E-state index in [4.69, 9.17) is 5.73 Å². The highest BCUT2D eigenvalue weighted by Crippen LogP contribution is 2.17. The van der Waals surface area contributed by atoms with Crippen molar-refractivity contribution >= 4 is 0 Å². The zero-order valence-corrected chi connectivity index (χ0v) is 11.0. The van der Waals surface area contributed by atoms with E-state index in [9.17, 15) is 4.39 Å². The molecule has 0 amide bonds. The third-order valence-corrected chi connectivity index (χ3v) is 3.46. The molecule has 0 saturated heterocycles. The monoisotopic (exact) mass is 238 g/mol. The van der Waals surface area contributed by atoms with Gasteiger partial charge in [-0.2, -0.15) is 0 Å². The average molecular weight is 238 g/mol. The second kappa shape index (κ2) is 6.12. The van der Waals surface area contributed by atoms with Crippen molar-refractivity contribution in [1.29, 1.82) is 0 Å². The van der Waals surface area contributed by atoms with E-state index in [1.807, 2.05) is 12.1 Å². The predicted molar refractivity (Wildman–Crippen MR) is 70.5 cm³/mol. The van der Waals surface area contributed by atoms with E-state index in [0.29, 0.717) is 6.54 Å². The van der Waals surface area contributed by atoms with E-state index in [1.165, 1.54) is 6.07 Å². The van der Waals surface area contributed by atoms with Crippen molar-refractivity contribution in [1.82, 2.24) is 4.90 Å². The number of benzene rings is 1. The van der Waals surface area contributed by atoms with Crippen molar-refractivity contribution < 1.29 is 4.39 Å². The summed E-state index contributed by atoms with van der Waals surface area (Å²) in [5.41, 5.74) is 6.45. The fourth-order valence-corrected chi connectivity index (χ4v) is 1.84. The minimum Gasteiger partial charge on any atom is -0.330 e. The van der Waals surface area contributed by atoms with E-state index in [-0.39, 0.29) is 11.4 Å². The predicted octanol–water partition coefficient (Wildman–Crippen LogP) is 2.43. The highest BCUT2D eigenvalue weighted by Gasteiger charge is 2.22. The SMILES string of the molecule is CN(CCc1ccccc1F)C(C)(C)CCN. The molecule has 0 saturated carbocycles. The Morgan fingerprint density at radius 3 is 2.53 bits per heavy atom. The Bertz CT molecular complexity index is 350. The van der Waals surface area contributed by atoms with Crippen molar-refractivity contribution in [2.75, 3.05) is 20.1 Å². The molecule has 0 aliphatic carbocycles. The van der Waals surface area contributed by atoms with Gasteiger partial charge in [-0.15, -0.1) is 0 Å². The first-order chi connectivity index (χ1) is 7.97. The molecule has 1 aromatic rings. The fraction of sp³-hybridized carbons (Fsp3) is 0.571. The molecule has 0 fully saturated rings. The lowest BCUT2D eigenvalue weighted by atomic mass is 9.98. The topological polar surface area (TPSA) is 29.3 Å². The second-order valence-electron chi connectivity index (χ2n) is 5.11.